The minimum Gasteiger partial charge on any atom is -0.507 e. The summed E-state index contributed by atoms with van der Waals surface area (Å²) in [6.07, 6.45) is -0.385. The minimum atomic E-state index is -0.385. The van der Waals surface area contributed by atoms with Crippen molar-refractivity contribution in [2.75, 3.05) is 0 Å². The van der Waals surface area contributed by atoms with Gasteiger partial charge < -0.3 is 10.2 Å². The van der Waals surface area contributed by atoms with Gasteiger partial charge in [-0.05, 0) is 56.9 Å². The lowest BCUT2D eigenvalue weighted by molar-refractivity contribution is 0.199. The molecular formula is C28H22O2. The van der Waals surface area contributed by atoms with E-state index in [0.29, 0.717) is 5.75 Å². The molecule has 0 spiro atoms. The van der Waals surface area contributed by atoms with E-state index >= 15 is 0 Å². The van der Waals surface area contributed by atoms with Gasteiger partial charge in [0.2, 0.25) is 0 Å². The Kier molecular flexibility index (Phi) is 4.50. The van der Waals surface area contributed by atoms with Gasteiger partial charge in [0, 0.05) is 10.8 Å². The molecule has 0 aromatic heterocycles. The normalized spacial score (nSPS) is 12.3. The van der Waals surface area contributed by atoms with E-state index in [2.05, 4.69) is 48.5 Å². The fourth-order valence-corrected chi connectivity index (χ4v) is 4.19. The van der Waals surface area contributed by atoms with Gasteiger partial charge in [-0.25, -0.2) is 0 Å². The molecule has 0 bridgehead atoms. The van der Waals surface area contributed by atoms with E-state index < -0.39 is 0 Å². The smallest absolute Gasteiger partial charge is 0.123 e. The van der Waals surface area contributed by atoms with Crippen molar-refractivity contribution in [2.45, 2.75) is 13.0 Å². The molecule has 0 saturated carbocycles. The van der Waals surface area contributed by atoms with E-state index in [9.17, 15) is 10.2 Å². The van der Waals surface area contributed by atoms with Crippen LogP contribution in [0, 0.1) is 0 Å². The van der Waals surface area contributed by atoms with E-state index in [0.717, 1.165) is 10.9 Å². The Morgan fingerprint density at radius 3 is 1.87 bits per heavy atom. The number of benzene rings is 6. The van der Waals surface area contributed by atoms with Crippen LogP contribution in [0.3, 0.4) is 0 Å². The topological polar surface area (TPSA) is 40.5 Å². The molecule has 1 atom stereocenters. The van der Waals surface area contributed by atoms with E-state index in [1.807, 2.05) is 42.5 Å². The largest absolute Gasteiger partial charge is 0.507 e. The van der Waals surface area contributed by atoms with E-state index in [-0.39, 0.29) is 6.10 Å². The molecule has 6 aromatic rings. The number of phenols is 1. The number of hydrogen-bond acceptors (Lipinski definition) is 2. The summed E-state index contributed by atoms with van der Waals surface area (Å²) >= 11 is 0. The third kappa shape index (κ3) is 3.12. The number of fused-ring (bicyclic) bond motifs is 1. The Balaban J connectivity index is 0.000000134. The summed E-state index contributed by atoms with van der Waals surface area (Å²) in [4.78, 5) is 0. The van der Waals surface area contributed by atoms with Crippen LogP contribution in [0.1, 0.15) is 18.6 Å². The van der Waals surface area contributed by atoms with E-state index in [1.54, 1.807) is 13.0 Å². The van der Waals surface area contributed by atoms with Crippen LogP contribution < -0.4 is 0 Å². The van der Waals surface area contributed by atoms with Crippen LogP contribution in [-0.4, -0.2) is 10.2 Å². The zero-order chi connectivity index (χ0) is 20.7. The fraction of sp³-hybridized carbons (Fsp3) is 0.0714. The van der Waals surface area contributed by atoms with Gasteiger partial charge in [0.1, 0.15) is 5.75 Å². The van der Waals surface area contributed by atoms with Crippen molar-refractivity contribution in [1.82, 2.24) is 0 Å². The standard InChI is InChI=1S/C16H10O.C12H12O/c17-14-9-7-12-5-4-10-2-1-3-11-6-8-13(14)16(12)15(10)11;1-9(13)11-7-6-10-4-2-3-5-12(10)8-11/h1-9,17H;2-9,13H,1H3. The first kappa shape index (κ1) is 18.4. The molecule has 146 valence electrons. The maximum atomic E-state index is 9.95. The molecule has 0 amide bonds. The van der Waals surface area contributed by atoms with Gasteiger partial charge in [-0.1, -0.05) is 84.9 Å². The summed E-state index contributed by atoms with van der Waals surface area (Å²) in [6.45, 7) is 1.78. The highest BCUT2D eigenvalue weighted by Crippen LogP contribution is 2.37. The van der Waals surface area contributed by atoms with E-state index in [1.165, 1.54) is 37.7 Å². The quantitative estimate of drug-likeness (QED) is 0.292. The second kappa shape index (κ2) is 7.33. The maximum absolute atomic E-state index is 9.95. The first-order chi connectivity index (χ1) is 14.6. The van der Waals surface area contributed by atoms with Gasteiger partial charge in [0.25, 0.3) is 0 Å². The average Bonchev–Trinajstić information content (AvgIpc) is 2.79. The molecule has 2 heteroatoms. The molecule has 1 unspecified atom stereocenters. The first-order valence-electron chi connectivity index (χ1n) is 10.1. The van der Waals surface area contributed by atoms with Crippen molar-refractivity contribution >= 4 is 43.1 Å². The summed E-state index contributed by atoms with van der Waals surface area (Å²) in [6, 6.07) is 32.6. The van der Waals surface area contributed by atoms with Crippen molar-refractivity contribution < 1.29 is 10.2 Å². The van der Waals surface area contributed by atoms with Crippen LogP contribution >= 0.6 is 0 Å². The number of phenolic OH excluding ortho intramolecular Hbond substituents is 1. The van der Waals surface area contributed by atoms with E-state index in [4.69, 9.17) is 0 Å². The molecule has 0 aliphatic rings. The molecule has 0 saturated heterocycles. The van der Waals surface area contributed by atoms with Gasteiger partial charge in [-0.3, -0.25) is 0 Å². The number of rotatable bonds is 1. The summed E-state index contributed by atoms with van der Waals surface area (Å²) in [5.41, 5.74) is 0.971. The van der Waals surface area contributed by atoms with Gasteiger partial charge >= 0.3 is 0 Å². The summed E-state index contributed by atoms with van der Waals surface area (Å²) in [7, 11) is 0. The Morgan fingerprint density at radius 1 is 0.567 bits per heavy atom. The van der Waals surface area contributed by atoms with Crippen LogP contribution in [0.2, 0.25) is 0 Å². The third-order valence-electron chi connectivity index (χ3n) is 5.76. The summed E-state index contributed by atoms with van der Waals surface area (Å²) in [5.74, 6) is 0.357. The number of hydrogen-bond donors (Lipinski definition) is 2. The second-order valence-corrected chi connectivity index (χ2v) is 7.72. The molecule has 6 rings (SSSR count). The van der Waals surface area contributed by atoms with Crippen LogP contribution in [0.25, 0.3) is 43.1 Å². The molecular weight excluding hydrogens is 368 g/mol. The van der Waals surface area contributed by atoms with Crippen LogP contribution in [0.4, 0.5) is 0 Å². The lowest BCUT2D eigenvalue weighted by atomic mass is 9.94. The maximum Gasteiger partial charge on any atom is 0.123 e. The monoisotopic (exact) mass is 390 g/mol. The Bertz CT molecular complexity index is 1470. The summed E-state index contributed by atoms with van der Waals surface area (Å²) < 4.78 is 0. The van der Waals surface area contributed by atoms with Crippen molar-refractivity contribution in [2.24, 2.45) is 0 Å². The fourth-order valence-electron chi connectivity index (χ4n) is 4.19. The lowest BCUT2D eigenvalue weighted by Crippen LogP contribution is -1.89. The van der Waals surface area contributed by atoms with Crippen molar-refractivity contribution in [3.05, 3.63) is 103 Å². The van der Waals surface area contributed by atoms with Gasteiger partial charge in [-0.2, -0.15) is 0 Å². The molecule has 0 radical (unpaired) electrons. The lowest BCUT2D eigenvalue weighted by Gasteiger charge is -2.11. The highest BCUT2D eigenvalue weighted by molar-refractivity contribution is 6.23. The SMILES string of the molecule is CC(O)c1ccc2ccccc2c1.Oc1ccc2ccc3cccc4ccc1c2c34. The van der Waals surface area contributed by atoms with Crippen molar-refractivity contribution in [3.63, 3.8) is 0 Å². The minimum absolute atomic E-state index is 0.357. The van der Waals surface area contributed by atoms with Crippen LogP contribution in [0.15, 0.2) is 97.1 Å². The number of aliphatic hydroxyl groups excluding tert-OH is 1. The van der Waals surface area contributed by atoms with Gasteiger partial charge in [0.15, 0.2) is 0 Å². The second-order valence-electron chi connectivity index (χ2n) is 7.72. The Labute approximate surface area is 175 Å². The van der Waals surface area contributed by atoms with Crippen LogP contribution in [0.5, 0.6) is 5.75 Å². The number of aliphatic hydroxyl groups is 1. The zero-order valence-electron chi connectivity index (χ0n) is 16.7. The third-order valence-corrected chi connectivity index (χ3v) is 5.76. The van der Waals surface area contributed by atoms with Gasteiger partial charge in [-0.15, -0.1) is 0 Å². The molecule has 30 heavy (non-hydrogen) atoms. The summed E-state index contributed by atoms with van der Waals surface area (Å²) in [5, 5.41) is 28.7. The highest BCUT2D eigenvalue weighted by Gasteiger charge is 2.09. The van der Waals surface area contributed by atoms with Crippen LogP contribution in [-0.2, 0) is 0 Å². The highest BCUT2D eigenvalue weighted by atomic mass is 16.3. The Hall–Kier alpha value is -3.62. The van der Waals surface area contributed by atoms with Crippen molar-refractivity contribution in [1.29, 1.82) is 0 Å². The molecule has 0 fully saturated rings. The molecule has 2 nitrogen and oxygen atoms in total. The molecule has 0 heterocycles. The number of aromatic hydroxyl groups is 1. The van der Waals surface area contributed by atoms with Crippen molar-refractivity contribution in [3.8, 4) is 5.75 Å². The molecule has 0 aliphatic carbocycles. The predicted octanol–water partition coefficient (Wildman–Crippen LogP) is 7.18. The first-order valence-corrected chi connectivity index (χ1v) is 10.1. The molecule has 6 aromatic carbocycles. The predicted molar refractivity (Wildman–Crippen MR) is 126 cm³/mol. The molecule has 2 N–H and O–H groups in total. The average molecular weight is 390 g/mol. The van der Waals surface area contributed by atoms with Gasteiger partial charge in [0.05, 0.1) is 6.10 Å². The molecule has 0 aliphatic heterocycles. The Morgan fingerprint density at radius 2 is 1.13 bits per heavy atom. The zero-order valence-corrected chi connectivity index (χ0v) is 16.7.